The minimum absolute atomic E-state index is 0.374. The molecule has 106 valence electrons. The van der Waals surface area contributed by atoms with Crippen molar-refractivity contribution in [1.82, 2.24) is 10.2 Å². The van der Waals surface area contributed by atoms with Gasteiger partial charge in [-0.15, -0.1) is 0 Å². The van der Waals surface area contributed by atoms with Crippen LogP contribution in [0.1, 0.15) is 50.8 Å². The highest BCUT2D eigenvalue weighted by molar-refractivity contribution is 9.10. The van der Waals surface area contributed by atoms with Crippen LogP contribution in [0.5, 0.6) is 0 Å². The molecule has 0 aromatic carbocycles. The topological polar surface area (TPSA) is 28.4 Å². The van der Waals surface area contributed by atoms with E-state index >= 15 is 0 Å². The van der Waals surface area contributed by atoms with Crippen molar-refractivity contribution < 1.29 is 4.42 Å². The zero-order valence-corrected chi connectivity index (χ0v) is 13.2. The molecule has 3 heterocycles. The Balaban J connectivity index is 1.75. The number of nitrogens with one attached hydrogen (secondary N) is 1. The molecule has 3 atom stereocenters. The summed E-state index contributed by atoms with van der Waals surface area (Å²) in [5, 5.41) is 3.69. The number of furan rings is 1. The molecule has 0 bridgehead atoms. The number of rotatable bonds is 3. The molecule has 0 saturated carbocycles. The molecule has 1 aromatic rings. The largest absolute Gasteiger partial charge is 0.453 e. The monoisotopic (exact) mass is 326 g/mol. The lowest BCUT2D eigenvalue weighted by atomic mass is 9.92. The van der Waals surface area contributed by atoms with E-state index in [-0.39, 0.29) is 0 Å². The maximum Gasteiger partial charge on any atom is 0.169 e. The molecule has 0 aliphatic carbocycles. The van der Waals surface area contributed by atoms with E-state index in [9.17, 15) is 0 Å². The van der Waals surface area contributed by atoms with Crippen LogP contribution in [-0.2, 0) is 0 Å². The van der Waals surface area contributed by atoms with E-state index in [1.54, 1.807) is 0 Å². The van der Waals surface area contributed by atoms with E-state index in [0.29, 0.717) is 18.1 Å². The molecular formula is C15H23BrN2O. The minimum Gasteiger partial charge on any atom is -0.453 e. The second-order valence-corrected chi connectivity index (χ2v) is 6.60. The van der Waals surface area contributed by atoms with Crippen molar-refractivity contribution in [2.75, 3.05) is 13.1 Å². The minimum atomic E-state index is 0.374. The van der Waals surface area contributed by atoms with E-state index in [4.69, 9.17) is 4.42 Å². The van der Waals surface area contributed by atoms with Gasteiger partial charge in [0.05, 0.1) is 6.04 Å². The third-order valence-corrected chi connectivity index (χ3v) is 5.08. The van der Waals surface area contributed by atoms with Gasteiger partial charge in [0, 0.05) is 12.1 Å². The summed E-state index contributed by atoms with van der Waals surface area (Å²) in [4.78, 5) is 2.65. The smallest absolute Gasteiger partial charge is 0.169 e. The fourth-order valence-corrected chi connectivity index (χ4v) is 3.97. The van der Waals surface area contributed by atoms with Gasteiger partial charge in [0.15, 0.2) is 4.67 Å². The Bertz CT molecular complexity index is 414. The Hall–Kier alpha value is -0.320. The Kier molecular flexibility index (Phi) is 4.30. The van der Waals surface area contributed by atoms with Gasteiger partial charge >= 0.3 is 0 Å². The summed E-state index contributed by atoms with van der Waals surface area (Å²) >= 11 is 3.41. The van der Waals surface area contributed by atoms with Gasteiger partial charge in [0.1, 0.15) is 5.76 Å². The predicted octanol–water partition coefficient (Wildman–Crippen LogP) is 3.71. The molecule has 19 heavy (non-hydrogen) atoms. The van der Waals surface area contributed by atoms with Crippen LogP contribution in [0.25, 0.3) is 0 Å². The molecule has 2 aliphatic heterocycles. The van der Waals surface area contributed by atoms with Crippen LogP contribution in [-0.4, -0.2) is 30.1 Å². The number of nitrogens with zero attached hydrogens (tertiary/aromatic N) is 1. The van der Waals surface area contributed by atoms with Gasteiger partial charge < -0.3 is 9.73 Å². The molecule has 1 N–H and O–H groups in total. The number of likely N-dealkylation sites (tertiary alicyclic amines) is 1. The molecule has 0 amide bonds. The van der Waals surface area contributed by atoms with Crippen molar-refractivity contribution in [3.8, 4) is 0 Å². The molecule has 3 rings (SSSR count). The van der Waals surface area contributed by atoms with Gasteiger partial charge in [-0.25, -0.2) is 0 Å². The van der Waals surface area contributed by atoms with Gasteiger partial charge in [-0.2, -0.15) is 0 Å². The molecule has 2 aliphatic rings. The molecule has 1 aromatic heterocycles. The summed E-state index contributed by atoms with van der Waals surface area (Å²) in [6.07, 6.45) is 6.67. The highest BCUT2D eigenvalue weighted by Gasteiger charge is 2.35. The summed E-state index contributed by atoms with van der Waals surface area (Å²) in [6, 6.07) is 5.83. The van der Waals surface area contributed by atoms with Gasteiger partial charge in [0.2, 0.25) is 0 Å². The Morgan fingerprint density at radius 2 is 2.21 bits per heavy atom. The van der Waals surface area contributed by atoms with Crippen molar-refractivity contribution in [3.63, 3.8) is 0 Å². The van der Waals surface area contributed by atoms with Crippen LogP contribution < -0.4 is 5.32 Å². The summed E-state index contributed by atoms with van der Waals surface area (Å²) in [5.74, 6) is 1.08. The summed E-state index contributed by atoms with van der Waals surface area (Å²) in [7, 11) is 0. The molecule has 3 unspecified atom stereocenters. The van der Waals surface area contributed by atoms with Gasteiger partial charge in [-0.3, -0.25) is 4.90 Å². The highest BCUT2D eigenvalue weighted by atomic mass is 79.9. The first-order valence-electron chi connectivity index (χ1n) is 7.50. The van der Waals surface area contributed by atoms with Gasteiger partial charge in [0.25, 0.3) is 0 Å². The average molecular weight is 327 g/mol. The Morgan fingerprint density at radius 1 is 1.32 bits per heavy atom. The maximum absolute atomic E-state index is 5.76. The van der Waals surface area contributed by atoms with Crippen LogP contribution >= 0.6 is 15.9 Å². The SMILES string of the molecule is CC(c1ccc(Br)o1)N1CCCCC1C1CCCN1. The summed E-state index contributed by atoms with van der Waals surface area (Å²) in [5.41, 5.74) is 0. The molecule has 3 nitrogen and oxygen atoms in total. The third-order valence-electron chi connectivity index (χ3n) is 4.66. The predicted molar refractivity (Wildman–Crippen MR) is 80.2 cm³/mol. The third kappa shape index (κ3) is 2.91. The fourth-order valence-electron chi connectivity index (χ4n) is 3.65. The van der Waals surface area contributed by atoms with E-state index in [1.807, 2.05) is 6.07 Å². The van der Waals surface area contributed by atoms with E-state index in [1.165, 1.54) is 45.2 Å². The molecule has 0 radical (unpaired) electrons. The standard InChI is InChI=1S/C15H23BrN2O/c1-11(14-7-8-15(16)19-14)18-10-3-2-6-13(18)12-5-4-9-17-12/h7-8,11-13,17H,2-6,9-10H2,1H3. The second kappa shape index (κ2) is 5.98. The quantitative estimate of drug-likeness (QED) is 0.917. The lowest BCUT2D eigenvalue weighted by molar-refractivity contribution is 0.0700. The van der Waals surface area contributed by atoms with Crippen LogP contribution in [0.4, 0.5) is 0 Å². The lowest BCUT2D eigenvalue weighted by Gasteiger charge is -2.42. The van der Waals surface area contributed by atoms with Crippen molar-refractivity contribution in [2.24, 2.45) is 0 Å². The zero-order valence-electron chi connectivity index (χ0n) is 11.6. The van der Waals surface area contributed by atoms with Gasteiger partial charge in [-0.05, 0) is 73.8 Å². The van der Waals surface area contributed by atoms with E-state index < -0.39 is 0 Å². The lowest BCUT2D eigenvalue weighted by Crippen LogP contribution is -2.50. The van der Waals surface area contributed by atoms with Crippen molar-refractivity contribution in [2.45, 2.75) is 57.2 Å². The normalized spacial score (nSPS) is 30.6. The molecule has 2 fully saturated rings. The first-order valence-corrected chi connectivity index (χ1v) is 8.29. The fraction of sp³-hybridized carbons (Fsp3) is 0.733. The Labute approximate surface area is 123 Å². The van der Waals surface area contributed by atoms with E-state index in [2.05, 4.69) is 39.1 Å². The van der Waals surface area contributed by atoms with Gasteiger partial charge in [-0.1, -0.05) is 6.42 Å². The zero-order chi connectivity index (χ0) is 13.2. The number of halogens is 1. The average Bonchev–Trinajstić information content (AvgIpc) is 3.09. The van der Waals surface area contributed by atoms with Crippen LogP contribution in [0.15, 0.2) is 21.2 Å². The van der Waals surface area contributed by atoms with Crippen molar-refractivity contribution in [3.05, 3.63) is 22.6 Å². The molecule has 0 spiro atoms. The first kappa shape index (κ1) is 13.7. The number of hydrogen-bond acceptors (Lipinski definition) is 3. The highest BCUT2D eigenvalue weighted by Crippen LogP contribution is 2.33. The number of hydrogen-bond donors (Lipinski definition) is 1. The van der Waals surface area contributed by atoms with Crippen LogP contribution in [0, 0.1) is 0 Å². The molecular weight excluding hydrogens is 304 g/mol. The molecule has 4 heteroatoms. The number of piperidine rings is 1. The van der Waals surface area contributed by atoms with Crippen LogP contribution in [0.3, 0.4) is 0 Å². The summed E-state index contributed by atoms with van der Waals surface area (Å²) < 4.78 is 6.60. The van der Waals surface area contributed by atoms with Crippen LogP contribution in [0.2, 0.25) is 0 Å². The van der Waals surface area contributed by atoms with Crippen molar-refractivity contribution in [1.29, 1.82) is 0 Å². The Morgan fingerprint density at radius 3 is 2.89 bits per heavy atom. The maximum atomic E-state index is 5.76. The molecule has 2 saturated heterocycles. The second-order valence-electron chi connectivity index (χ2n) is 5.82. The van der Waals surface area contributed by atoms with E-state index in [0.717, 1.165) is 10.4 Å². The summed E-state index contributed by atoms with van der Waals surface area (Å²) in [6.45, 7) is 4.66. The van der Waals surface area contributed by atoms with Crippen molar-refractivity contribution >= 4 is 15.9 Å². The first-order chi connectivity index (χ1) is 9.25.